The molecule has 5 rings (SSSR count). The van der Waals surface area contributed by atoms with E-state index in [4.69, 9.17) is 42.4 Å². The highest BCUT2D eigenvalue weighted by molar-refractivity contribution is 7.99. The number of nitrogens with zero attached hydrogens (tertiary/aromatic N) is 4. The molecule has 3 heterocycles. The third kappa shape index (κ3) is 5.43. The second-order valence-electron chi connectivity index (χ2n) is 8.45. The van der Waals surface area contributed by atoms with Crippen molar-refractivity contribution in [1.82, 2.24) is 19.1 Å². The molecule has 0 aliphatic carbocycles. The van der Waals surface area contributed by atoms with Gasteiger partial charge in [0.05, 0.1) is 30.2 Å². The van der Waals surface area contributed by atoms with Crippen molar-refractivity contribution < 1.29 is 14.2 Å². The minimum absolute atomic E-state index is 0.288. The van der Waals surface area contributed by atoms with Gasteiger partial charge in [-0.1, -0.05) is 48.0 Å². The summed E-state index contributed by atoms with van der Waals surface area (Å²) in [5.74, 6) is 0.656. The van der Waals surface area contributed by atoms with Crippen molar-refractivity contribution in [3.05, 3.63) is 83.0 Å². The molecule has 0 saturated carbocycles. The fourth-order valence-electron chi connectivity index (χ4n) is 4.14. The molecule has 1 aliphatic heterocycles. The number of benzene rings is 2. The van der Waals surface area contributed by atoms with Crippen LogP contribution in [0.25, 0.3) is 11.3 Å². The molecule has 4 aromatic rings. The van der Waals surface area contributed by atoms with E-state index in [2.05, 4.69) is 11.9 Å². The SMILES string of the molecule is CCSc1nc(-c2ccc(OCC3COC(Cn4ccnc4)(c4ccc(Cl)cc4Cl)O3)cc2)cn1C. The minimum atomic E-state index is -1.08. The second kappa shape index (κ2) is 10.9. The van der Waals surface area contributed by atoms with Gasteiger partial charge in [0.15, 0.2) is 5.16 Å². The Balaban J connectivity index is 1.27. The van der Waals surface area contributed by atoms with Crippen LogP contribution in [-0.4, -0.2) is 44.2 Å². The zero-order valence-corrected chi connectivity index (χ0v) is 22.3. The van der Waals surface area contributed by atoms with Crippen molar-refractivity contribution in [2.45, 2.75) is 30.5 Å². The van der Waals surface area contributed by atoms with Gasteiger partial charge in [-0.25, -0.2) is 9.97 Å². The van der Waals surface area contributed by atoms with E-state index in [1.807, 2.05) is 58.9 Å². The zero-order valence-electron chi connectivity index (χ0n) is 19.9. The number of ether oxygens (including phenoxy) is 3. The Morgan fingerprint density at radius 2 is 2.03 bits per heavy atom. The largest absolute Gasteiger partial charge is 0.491 e. The van der Waals surface area contributed by atoms with E-state index in [9.17, 15) is 0 Å². The van der Waals surface area contributed by atoms with Crippen LogP contribution < -0.4 is 4.74 Å². The highest BCUT2D eigenvalue weighted by Crippen LogP contribution is 2.40. The molecule has 36 heavy (non-hydrogen) atoms. The van der Waals surface area contributed by atoms with Gasteiger partial charge in [0.25, 0.3) is 0 Å². The number of thioether (sulfide) groups is 1. The van der Waals surface area contributed by atoms with Crippen molar-refractivity contribution in [3.63, 3.8) is 0 Å². The van der Waals surface area contributed by atoms with Gasteiger partial charge in [-0.3, -0.25) is 0 Å². The Bertz CT molecular complexity index is 1310. The smallest absolute Gasteiger partial charge is 0.215 e. The number of halogens is 2. The first-order valence-corrected chi connectivity index (χ1v) is 13.3. The van der Waals surface area contributed by atoms with Crippen LogP contribution in [0.1, 0.15) is 12.5 Å². The van der Waals surface area contributed by atoms with Crippen LogP contribution in [0.5, 0.6) is 5.75 Å². The lowest BCUT2D eigenvalue weighted by molar-refractivity contribution is -0.189. The van der Waals surface area contributed by atoms with Gasteiger partial charge in [-0.05, 0) is 42.2 Å². The Labute approximate surface area is 224 Å². The summed E-state index contributed by atoms with van der Waals surface area (Å²) in [5.41, 5.74) is 2.69. The first-order valence-electron chi connectivity index (χ1n) is 11.6. The topological polar surface area (TPSA) is 63.3 Å². The van der Waals surface area contributed by atoms with Crippen molar-refractivity contribution in [1.29, 1.82) is 0 Å². The van der Waals surface area contributed by atoms with E-state index < -0.39 is 5.79 Å². The Kier molecular flexibility index (Phi) is 7.60. The van der Waals surface area contributed by atoms with Crippen LogP contribution in [0.3, 0.4) is 0 Å². The molecule has 0 spiro atoms. The number of aryl methyl sites for hydroxylation is 1. The fraction of sp³-hybridized carbons (Fsp3) is 0.308. The van der Waals surface area contributed by atoms with Crippen LogP contribution in [-0.2, 0) is 28.9 Å². The van der Waals surface area contributed by atoms with Crippen LogP contribution in [0, 0.1) is 0 Å². The molecule has 0 N–H and O–H groups in total. The van der Waals surface area contributed by atoms with Gasteiger partial charge in [0.1, 0.15) is 18.5 Å². The maximum atomic E-state index is 6.55. The predicted octanol–water partition coefficient (Wildman–Crippen LogP) is 6.05. The van der Waals surface area contributed by atoms with Crippen molar-refractivity contribution in [2.75, 3.05) is 19.0 Å². The van der Waals surface area contributed by atoms with Crippen LogP contribution in [0.2, 0.25) is 10.0 Å². The van der Waals surface area contributed by atoms with Gasteiger partial charge < -0.3 is 23.3 Å². The Hall–Kier alpha value is -2.49. The molecule has 0 amide bonds. The summed E-state index contributed by atoms with van der Waals surface area (Å²) in [6.07, 6.45) is 7.04. The fourth-order valence-corrected chi connectivity index (χ4v) is 5.37. The molecule has 10 heteroatoms. The summed E-state index contributed by atoms with van der Waals surface area (Å²) in [5, 5.41) is 2.04. The lowest BCUT2D eigenvalue weighted by Crippen LogP contribution is -2.34. The molecular weight excluding hydrogens is 519 g/mol. The lowest BCUT2D eigenvalue weighted by atomic mass is 10.1. The monoisotopic (exact) mass is 544 g/mol. The standard InChI is InChI=1S/C26H26Cl2N4O3S/c1-3-36-25-30-24(13-31(25)2)18-4-7-20(8-5-18)33-14-21-15-34-26(35-21,16-32-11-10-29-17-32)22-9-6-19(27)12-23(22)28/h4-13,17,21H,3,14-16H2,1-2H3. The van der Waals surface area contributed by atoms with Crippen molar-refractivity contribution in [2.24, 2.45) is 7.05 Å². The second-order valence-corrected chi connectivity index (χ2v) is 10.5. The summed E-state index contributed by atoms with van der Waals surface area (Å²) in [6, 6.07) is 13.2. The normalized spacial score (nSPS) is 19.6. The molecular formula is C26H26Cl2N4O3S. The van der Waals surface area contributed by atoms with E-state index in [0.29, 0.717) is 35.4 Å². The van der Waals surface area contributed by atoms with Crippen LogP contribution in [0.15, 0.2) is 72.5 Å². The lowest BCUT2D eigenvalue weighted by Gasteiger charge is -2.30. The number of hydrogen-bond donors (Lipinski definition) is 0. The highest BCUT2D eigenvalue weighted by atomic mass is 35.5. The maximum Gasteiger partial charge on any atom is 0.215 e. The molecule has 1 saturated heterocycles. The van der Waals surface area contributed by atoms with E-state index in [1.54, 1.807) is 36.4 Å². The molecule has 0 radical (unpaired) electrons. The summed E-state index contributed by atoms with van der Waals surface area (Å²) in [4.78, 5) is 8.85. The van der Waals surface area contributed by atoms with Crippen LogP contribution >= 0.6 is 35.0 Å². The Morgan fingerprint density at radius 1 is 1.19 bits per heavy atom. The average Bonchev–Trinajstić information content (AvgIpc) is 3.60. The van der Waals surface area contributed by atoms with E-state index in [0.717, 1.165) is 27.9 Å². The molecule has 2 aromatic heterocycles. The quantitative estimate of drug-likeness (QED) is 0.239. The number of hydrogen-bond acceptors (Lipinski definition) is 6. The molecule has 7 nitrogen and oxygen atoms in total. The van der Waals surface area contributed by atoms with E-state index in [1.165, 1.54) is 0 Å². The van der Waals surface area contributed by atoms with Gasteiger partial charge in [0, 0.05) is 41.8 Å². The Morgan fingerprint density at radius 3 is 2.75 bits per heavy atom. The molecule has 2 aromatic carbocycles. The molecule has 1 fully saturated rings. The summed E-state index contributed by atoms with van der Waals surface area (Å²) < 4.78 is 22.7. The predicted molar refractivity (Wildman–Crippen MR) is 142 cm³/mol. The number of imidazole rings is 2. The van der Waals surface area contributed by atoms with Crippen molar-refractivity contribution in [3.8, 4) is 17.0 Å². The molecule has 1 aliphatic rings. The molecule has 0 bridgehead atoms. The average molecular weight is 545 g/mol. The summed E-state index contributed by atoms with van der Waals surface area (Å²) in [7, 11) is 2.01. The first-order chi connectivity index (χ1) is 17.5. The zero-order chi connectivity index (χ0) is 25.1. The van der Waals surface area contributed by atoms with E-state index >= 15 is 0 Å². The third-order valence-electron chi connectivity index (χ3n) is 5.84. The first kappa shape index (κ1) is 25.2. The number of rotatable bonds is 9. The van der Waals surface area contributed by atoms with Crippen LogP contribution in [0.4, 0.5) is 0 Å². The highest BCUT2D eigenvalue weighted by Gasteiger charge is 2.45. The summed E-state index contributed by atoms with van der Waals surface area (Å²) >= 11 is 14.4. The maximum absolute atomic E-state index is 6.55. The molecule has 188 valence electrons. The third-order valence-corrected chi connectivity index (χ3v) is 7.32. The van der Waals surface area contributed by atoms with Gasteiger partial charge in [-0.2, -0.15) is 0 Å². The molecule has 2 atom stereocenters. The van der Waals surface area contributed by atoms with E-state index in [-0.39, 0.29) is 6.10 Å². The van der Waals surface area contributed by atoms with Gasteiger partial charge in [-0.15, -0.1) is 0 Å². The van der Waals surface area contributed by atoms with Crippen molar-refractivity contribution >= 4 is 35.0 Å². The summed E-state index contributed by atoms with van der Waals surface area (Å²) in [6.45, 7) is 3.20. The van der Waals surface area contributed by atoms with Gasteiger partial charge in [0.2, 0.25) is 5.79 Å². The molecule has 2 unspecified atom stereocenters. The van der Waals surface area contributed by atoms with Gasteiger partial charge >= 0.3 is 0 Å². The minimum Gasteiger partial charge on any atom is -0.491 e. The number of aromatic nitrogens is 4.